The van der Waals surface area contributed by atoms with Gasteiger partial charge in [-0.25, -0.2) is 0 Å². The molecule has 16 heavy (non-hydrogen) atoms. The molecule has 0 unspecified atom stereocenters. The lowest BCUT2D eigenvalue weighted by atomic mass is 10.2. The fourth-order valence-electron chi connectivity index (χ4n) is 1.53. The fourth-order valence-corrected chi connectivity index (χ4v) is 1.53. The normalized spacial score (nSPS) is 10.6. The first-order valence-corrected chi connectivity index (χ1v) is 5.48. The molecule has 0 saturated carbocycles. The number of benzene rings is 1. The average molecular weight is 217 g/mol. The zero-order chi connectivity index (χ0) is 11.2. The van der Waals surface area contributed by atoms with Crippen molar-refractivity contribution in [2.45, 2.75) is 12.8 Å². The Morgan fingerprint density at radius 3 is 2.94 bits per heavy atom. The zero-order valence-electron chi connectivity index (χ0n) is 9.10. The van der Waals surface area contributed by atoms with Crippen LogP contribution in [0.2, 0.25) is 0 Å². The molecule has 3 nitrogen and oxygen atoms in total. The molecule has 84 valence electrons. The number of aromatic nitrogens is 1. The van der Waals surface area contributed by atoms with Crippen molar-refractivity contribution in [3.05, 3.63) is 36.5 Å². The van der Waals surface area contributed by atoms with Gasteiger partial charge in [-0.1, -0.05) is 18.2 Å². The van der Waals surface area contributed by atoms with Crippen LogP contribution >= 0.6 is 0 Å². The molecule has 0 spiro atoms. The summed E-state index contributed by atoms with van der Waals surface area (Å²) < 4.78 is 5.54. The van der Waals surface area contributed by atoms with Crippen molar-refractivity contribution in [2.24, 2.45) is 0 Å². The number of nitrogens with zero attached hydrogens (tertiary/aromatic N) is 1. The highest BCUT2D eigenvalue weighted by molar-refractivity contribution is 5.79. The van der Waals surface area contributed by atoms with Gasteiger partial charge in [-0.05, 0) is 25.0 Å². The Bertz CT molecular complexity index is 456. The van der Waals surface area contributed by atoms with Gasteiger partial charge < -0.3 is 9.84 Å². The van der Waals surface area contributed by atoms with Crippen LogP contribution in [0.3, 0.4) is 0 Å². The molecule has 0 aliphatic heterocycles. The van der Waals surface area contributed by atoms with Crippen LogP contribution in [0.25, 0.3) is 10.9 Å². The second kappa shape index (κ2) is 5.47. The molecular formula is C13H15NO2. The smallest absolute Gasteiger partial charge is 0.138 e. The summed E-state index contributed by atoms with van der Waals surface area (Å²) in [4.78, 5) is 4.31. The summed E-state index contributed by atoms with van der Waals surface area (Å²) in [6.07, 6.45) is 3.38. The summed E-state index contributed by atoms with van der Waals surface area (Å²) in [6.45, 7) is 0.847. The molecule has 0 fully saturated rings. The van der Waals surface area contributed by atoms with Gasteiger partial charge in [0.1, 0.15) is 5.75 Å². The number of fused-ring (bicyclic) bond motifs is 1. The van der Waals surface area contributed by atoms with Crippen LogP contribution in [0.1, 0.15) is 12.8 Å². The summed E-state index contributed by atoms with van der Waals surface area (Å²) in [7, 11) is 0. The van der Waals surface area contributed by atoms with E-state index in [4.69, 9.17) is 9.84 Å². The van der Waals surface area contributed by atoms with E-state index in [0.717, 1.165) is 29.5 Å². The molecule has 0 aliphatic rings. The Balaban J connectivity index is 2.02. The topological polar surface area (TPSA) is 42.4 Å². The molecule has 1 N–H and O–H groups in total. The summed E-state index contributed by atoms with van der Waals surface area (Å²) >= 11 is 0. The number of pyridine rings is 1. The Hall–Kier alpha value is -1.61. The SMILES string of the molecule is OCCCCOc1cnc2ccccc2c1. The van der Waals surface area contributed by atoms with Gasteiger partial charge in [-0.2, -0.15) is 0 Å². The quantitative estimate of drug-likeness (QED) is 0.782. The number of rotatable bonds is 5. The monoisotopic (exact) mass is 217 g/mol. The molecule has 0 bridgehead atoms. The number of ether oxygens (including phenoxy) is 1. The van der Waals surface area contributed by atoms with Crippen molar-refractivity contribution in [3.63, 3.8) is 0 Å². The van der Waals surface area contributed by atoms with Gasteiger partial charge in [-0.3, -0.25) is 4.98 Å². The standard InChI is InChI=1S/C13H15NO2/c15-7-3-4-8-16-12-9-11-5-1-2-6-13(11)14-10-12/h1-2,5-6,9-10,15H,3-4,7-8H2. The third kappa shape index (κ3) is 2.70. The second-order valence-electron chi connectivity index (χ2n) is 3.64. The Morgan fingerprint density at radius 2 is 2.06 bits per heavy atom. The van der Waals surface area contributed by atoms with E-state index in [1.165, 1.54) is 0 Å². The minimum Gasteiger partial charge on any atom is -0.492 e. The average Bonchev–Trinajstić information content (AvgIpc) is 2.34. The number of para-hydroxylation sites is 1. The van der Waals surface area contributed by atoms with Gasteiger partial charge in [0.05, 0.1) is 18.3 Å². The van der Waals surface area contributed by atoms with Crippen molar-refractivity contribution in [1.29, 1.82) is 0 Å². The summed E-state index contributed by atoms with van der Waals surface area (Å²) in [5, 5.41) is 9.72. The van der Waals surface area contributed by atoms with Gasteiger partial charge >= 0.3 is 0 Å². The molecule has 0 amide bonds. The van der Waals surface area contributed by atoms with Crippen LogP contribution in [0.15, 0.2) is 36.5 Å². The number of aliphatic hydroxyl groups excluding tert-OH is 1. The molecule has 0 radical (unpaired) electrons. The molecule has 2 rings (SSSR count). The Kier molecular flexibility index (Phi) is 3.72. The lowest BCUT2D eigenvalue weighted by molar-refractivity contribution is 0.253. The minimum atomic E-state index is 0.222. The number of hydrogen-bond donors (Lipinski definition) is 1. The molecule has 2 aromatic rings. The van der Waals surface area contributed by atoms with Gasteiger partial charge in [0.15, 0.2) is 0 Å². The van der Waals surface area contributed by atoms with Gasteiger partial charge in [0.2, 0.25) is 0 Å². The summed E-state index contributed by atoms with van der Waals surface area (Å²) in [5.41, 5.74) is 0.977. The lowest BCUT2D eigenvalue weighted by Gasteiger charge is -2.05. The third-order valence-electron chi connectivity index (χ3n) is 2.39. The van der Waals surface area contributed by atoms with E-state index in [2.05, 4.69) is 4.98 Å². The Morgan fingerprint density at radius 1 is 1.19 bits per heavy atom. The number of aliphatic hydroxyl groups is 1. The highest BCUT2D eigenvalue weighted by atomic mass is 16.5. The van der Waals surface area contributed by atoms with Crippen LogP contribution in [0.5, 0.6) is 5.75 Å². The van der Waals surface area contributed by atoms with E-state index >= 15 is 0 Å². The highest BCUT2D eigenvalue weighted by Gasteiger charge is 1.97. The largest absolute Gasteiger partial charge is 0.492 e. The van der Waals surface area contributed by atoms with Gasteiger partial charge in [0, 0.05) is 12.0 Å². The van der Waals surface area contributed by atoms with Crippen LogP contribution in [-0.2, 0) is 0 Å². The first-order chi connectivity index (χ1) is 7.90. The Labute approximate surface area is 94.7 Å². The summed E-state index contributed by atoms with van der Waals surface area (Å²) in [5.74, 6) is 0.789. The number of hydrogen-bond acceptors (Lipinski definition) is 3. The van der Waals surface area contributed by atoms with Crippen molar-refractivity contribution in [1.82, 2.24) is 4.98 Å². The molecule has 1 heterocycles. The van der Waals surface area contributed by atoms with E-state index in [9.17, 15) is 0 Å². The first-order valence-electron chi connectivity index (χ1n) is 5.48. The first kappa shape index (κ1) is 10.9. The maximum Gasteiger partial charge on any atom is 0.138 e. The highest BCUT2D eigenvalue weighted by Crippen LogP contribution is 2.17. The van der Waals surface area contributed by atoms with Crippen molar-refractivity contribution in [2.75, 3.05) is 13.2 Å². The van der Waals surface area contributed by atoms with Crippen molar-refractivity contribution in [3.8, 4) is 5.75 Å². The van der Waals surface area contributed by atoms with Crippen molar-refractivity contribution >= 4 is 10.9 Å². The van der Waals surface area contributed by atoms with Crippen LogP contribution in [-0.4, -0.2) is 23.3 Å². The van der Waals surface area contributed by atoms with E-state index in [1.807, 2.05) is 30.3 Å². The molecule has 3 heteroatoms. The van der Waals surface area contributed by atoms with E-state index < -0.39 is 0 Å². The number of unbranched alkanes of at least 4 members (excludes halogenated alkanes) is 1. The second-order valence-corrected chi connectivity index (χ2v) is 3.64. The third-order valence-corrected chi connectivity index (χ3v) is 2.39. The molecule has 0 atom stereocenters. The molecule has 0 saturated heterocycles. The van der Waals surface area contributed by atoms with E-state index in [1.54, 1.807) is 6.20 Å². The predicted octanol–water partition coefficient (Wildman–Crippen LogP) is 2.39. The fraction of sp³-hybridized carbons (Fsp3) is 0.308. The maximum absolute atomic E-state index is 8.64. The molecule has 0 aliphatic carbocycles. The predicted molar refractivity (Wildman–Crippen MR) is 63.6 cm³/mol. The minimum absolute atomic E-state index is 0.222. The molecule has 1 aromatic heterocycles. The molecular weight excluding hydrogens is 202 g/mol. The van der Waals surface area contributed by atoms with Gasteiger partial charge in [-0.15, -0.1) is 0 Å². The van der Waals surface area contributed by atoms with E-state index in [-0.39, 0.29) is 6.61 Å². The van der Waals surface area contributed by atoms with Gasteiger partial charge in [0.25, 0.3) is 0 Å². The van der Waals surface area contributed by atoms with Crippen molar-refractivity contribution < 1.29 is 9.84 Å². The zero-order valence-corrected chi connectivity index (χ0v) is 9.10. The maximum atomic E-state index is 8.64. The van der Waals surface area contributed by atoms with Crippen LogP contribution in [0.4, 0.5) is 0 Å². The van der Waals surface area contributed by atoms with Crippen LogP contribution in [0, 0.1) is 0 Å². The van der Waals surface area contributed by atoms with E-state index in [0.29, 0.717) is 6.61 Å². The summed E-state index contributed by atoms with van der Waals surface area (Å²) in [6, 6.07) is 9.94. The lowest BCUT2D eigenvalue weighted by Crippen LogP contribution is -1.98. The molecule has 1 aromatic carbocycles. The van der Waals surface area contributed by atoms with Crippen LogP contribution < -0.4 is 4.74 Å².